The second-order valence-electron chi connectivity index (χ2n) is 5.49. The van der Waals surface area contributed by atoms with Gasteiger partial charge in [-0.3, -0.25) is 14.8 Å². The summed E-state index contributed by atoms with van der Waals surface area (Å²) in [6.07, 6.45) is 3.27. The molecule has 0 aliphatic heterocycles. The zero-order valence-electron chi connectivity index (χ0n) is 13.3. The van der Waals surface area contributed by atoms with E-state index in [9.17, 15) is 9.18 Å². The lowest BCUT2D eigenvalue weighted by Gasteiger charge is -2.10. The highest BCUT2D eigenvalue weighted by Gasteiger charge is 2.17. The van der Waals surface area contributed by atoms with Crippen LogP contribution in [0.3, 0.4) is 0 Å². The lowest BCUT2D eigenvalue weighted by molar-refractivity contribution is -0.119. The number of hydrogen-bond acceptors (Lipinski definition) is 4. The average Bonchev–Trinajstić information content (AvgIpc) is 3.18. The van der Waals surface area contributed by atoms with E-state index >= 15 is 0 Å². The Hall–Kier alpha value is -3.03. The summed E-state index contributed by atoms with van der Waals surface area (Å²) in [6.45, 7) is 4.05. The number of carbonyl (C=O) groups excluding carboxylic acids is 1. The summed E-state index contributed by atoms with van der Waals surface area (Å²) in [5, 5.41) is 11.1. The fraction of sp³-hybridized carbons (Fsp3) is 0.250. The molecule has 124 valence electrons. The van der Waals surface area contributed by atoms with Crippen LogP contribution in [-0.4, -0.2) is 30.5 Å². The van der Waals surface area contributed by atoms with Crippen molar-refractivity contribution in [2.75, 3.05) is 5.32 Å². The van der Waals surface area contributed by atoms with E-state index in [2.05, 4.69) is 20.5 Å². The van der Waals surface area contributed by atoms with Gasteiger partial charge in [-0.25, -0.2) is 14.1 Å². The Morgan fingerprint density at radius 1 is 1.25 bits per heavy atom. The Kier molecular flexibility index (Phi) is 4.37. The molecule has 1 N–H and O–H groups in total. The molecule has 3 rings (SSSR count). The fourth-order valence-electron chi connectivity index (χ4n) is 2.19. The number of aromatic nitrogens is 5. The van der Waals surface area contributed by atoms with Gasteiger partial charge in [0.25, 0.3) is 5.91 Å². The van der Waals surface area contributed by atoms with E-state index < -0.39 is 6.04 Å². The quantitative estimate of drug-likeness (QED) is 0.778. The van der Waals surface area contributed by atoms with Crippen LogP contribution >= 0.6 is 0 Å². The van der Waals surface area contributed by atoms with Crippen LogP contribution in [0.15, 0.2) is 42.9 Å². The molecule has 8 heteroatoms. The minimum atomic E-state index is -0.470. The van der Waals surface area contributed by atoms with Crippen molar-refractivity contribution in [3.8, 4) is 0 Å². The number of nitrogens with one attached hydrogen (secondary N) is 1. The summed E-state index contributed by atoms with van der Waals surface area (Å²) >= 11 is 0. The second-order valence-corrected chi connectivity index (χ2v) is 5.49. The van der Waals surface area contributed by atoms with Gasteiger partial charge in [0.1, 0.15) is 18.2 Å². The summed E-state index contributed by atoms with van der Waals surface area (Å²) in [4.78, 5) is 16.3. The van der Waals surface area contributed by atoms with Crippen molar-refractivity contribution in [2.45, 2.75) is 26.4 Å². The molecule has 1 atom stereocenters. The maximum absolute atomic E-state index is 12.9. The Morgan fingerprint density at radius 2 is 2.00 bits per heavy atom. The monoisotopic (exact) mass is 328 g/mol. The minimum Gasteiger partial charge on any atom is -0.291 e. The molecule has 2 aromatic heterocycles. The molecule has 1 amide bonds. The van der Waals surface area contributed by atoms with Crippen LogP contribution in [0.2, 0.25) is 0 Å². The van der Waals surface area contributed by atoms with E-state index in [1.54, 1.807) is 34.6 Å². The highest BCUT2D eigenvalue weighted by molar-refractivity contribution is 5.91. The SMILES string of the molecule is Cc1ccn(C(C)C(=O)Nc2ncn(Cc3ccc(F)cc3)n2)n1. The van der Waals surface area contributed by atoms with Gasteiger partial charge in [0.05, 0.1) is 12.2 Å². The van der Waals surface area contributed by atoms with E-state index in [-0.39, 0.29) is 17.7 Å². The molecule has 0 bridgehead atoms. The van der Waals surface area contributed by atoms with Crippen LogP contribution in [-0.2, 0) is 11.3 Å². The maximum atomic E-state index is 12.9. The molecule has 0 spiro atoms. The van der Waals surface area contributed by atoms with E-state index in [4.69, 9.17) is 0 Å². The van der Waals surface area contributed by atoms with Crippen molar-refractivity contribution in [1.82, 2.24) is 24.5 Å². The van der Waals surface area contributed by atoms with Gasteiger partial charge in [0.15, 0.2) is 0 Å². The first-order chi connectivity index (χ1) is 11.5. The predicted molar refractivity (Wildman–Crippen MR) is 85.8 cm³/mol. The molecule has 1 unspecified atom stereocenters. The van der Waals surface area contributed by atoms with Crippen molar-refractivity contribution in [2.24, 2.45) is 0 Å². The predicted octanol–water partition coefficient (Wildman–Crippen LogP) is 2.17. The van der Waals surface area contributed by atoms with E-state index in [1.807, 2.05) is 13.0 Å². The van der Waals surface area contributed by atoms with E-state index in [1.165, 1.54) is 18.5 Å². The third-order valence-electron chi connectivity index (χ3n) is 3.55. The van der Waals surface area contributed by atoms with E-state index in [0.29, 0.717) is 6.54 Å². The molecule has 2 heterocycles. The number of halogens is 1. The van der Waals surface area contributed by atoms with Crippen LogP contribution < -0.4 is 5.32 Å². The Balaban J connectivity index is 1.63. The molecule has 0 saturated heterocycles. The number of benzene rings is 1. The zero-order valence-corrected chi connectivity index (χ0v) is 13.3. The van der Waals surface area contributed by atoms with Gasteiger partial charge in [-0.1, -0.05) is 12.1 Å². The summed E-state index contributed by atoms with van der Waals surface area (Å²) in [5.41, 5.74) is 1.73. The molecular weight excluding hydrogens is 311 g/mol. The third-order valence-corrected chi connectivity index (χ3v) is 3.55. The van der Waals surface area contributed by atoms with Gasteiger partial charge < -0.3 is 0 Å². The molecule has 0 aliphatic carbocycles. The lowest BCUT2D eigenvalue weighted by atomic mass is 10.2. The van der Waals surface area contributed by atoms with Crippen LogP contribution in [0.25, 0.3) is 0 Å². The van der Waals surface area contributed by atoms with Crippen LogP contribution in [0.1, 0.15) is 24.2 Å². The number of carbonyl (C=O) groups is 1. The van der Waals surface area contributed by atoms with Crippen LogP contribution in [0, 0.1) is 12.7 Å². The molecule has 0 saturated carbocycles. The smallest absolute Gasteiger partial charge is 0.251 e. The Bertz CT molecular complexity index is 838. The number of aryl methyl sites for hydroxylation is 1. The fourth-order valence-corrected chi connectivity index (χ4v) is 2.19. The van der Waals surface area contributed by atoms with Crippen molar-refractivity contribution in [1.29, 1.82) is 0 Å². The molecule has 7 nitrogen and oxygen atoms in total. The largest absolute Gasteiger partial charge is 0.291 e. The van der Waals surface area contributed by atoms with Crippen molar-refractivity contribution >= 4 is 11.9 Å². The van der Waals surface area contributed by atoms with Crippen LogP contribution in [0.4, 0.5) is 10.3 Å². The molecule has 1 aromatic carbocycles. The molecular formula is C16H17FN6O. The maximum Gasteiger partial charge on any atom is 0.251 e. The van der Waals surface area contributed by atoms with Crippen molar-refractivity contribution < 1.29 is 9.18 Å². The van der Waals surface area contributed by atoms with Crippen molar-refractivity contribution in [3.05, 3.63) is 59.9 Å². The summed E-state index contributed by atoms with van der Waals surface area (Å²) < 4.78 is 16.1. The Morgan fingerprint density at radius 3 is 2.67 bits per heavy atom. The minimum absolute atomic E-state index is 0.220. The van der Waals surface area contributed by atoms with E-state index in [0.717, 1.165) is 11.3 Å². The highest BCUT2D eigenvalue weighted by atomic mass is 19.1. The van der Waals surface area contributed by atoms with Gasteiger partial charge >= 0.3 is 0 Å². The molecule has 3 aromatic rings. The summed E-state index contributed by atoms with van der Waals surface area (Å²) in [5.74, 6) is -0.316. The van der Waals surface area contributed by atoms with Gasteiger partial charge in [0.2, 0.25) is 5.95 Å². The van der Waals surface area contributed by atoms with Gasteiger partial charge in [-0.15, -0.1) is 5.10 Å². The van der Waals surface area contributed by atoms with Gasteiger partial charge in [-0.05, 0) is 37.6 Å². The van der Waals surface area contributed by atoms with Gasteiger partial charge in [-0.2, -0.15) is 5.10 Å². The number of amides is 1. The zero-order chi connectivity index (χ0) is 17.1. The third kappa shape index (κ3) is 3.65. The first-order valence-electron chi connectivity index (χ1n) is 7.48. The highest BCUT2D eigenvalue weighted by Crippen LogP contribution is 2.09. The topological polar surface area (TPSA) is 77.6 Å². The normalized spacial score (nSPS) is 12.1. The number of nitrogens with zero attached hydrogens (tertiary/aromatic N) is 5. The summed E-state index contributed by atoms with van der Waals surface area (Å²) in [7, 11) is 0. The molecule has 24 heavy (non-hydrogen) atoms. The molecule has 0 radical (unpaired) electrons. The average molecular weight is 328 g/mol. The Labute approximate surface area is 138 Å². The number of hydrogen-bond donors (Lipinski definition) is 1. The standard InChI is InChI=1S/C16H17FN6O/c1-11-7-8-23(20-11)12(2)15(24)19-16-18-10-22(21-16)9-13-3-5-14(17)6-4-13/h3-8,10,12H,9H2,1-2H3,(H,19,21,24). The molecule has 0 aliphatic rings. The summed E-state index contributed by atoms with van der Waals surface area (Å²) in [6, 6.07) is 7.50. The van der Waals surface area contributed by atoms with Gasteiger partial charge in [0, 0.05) is 6.20 Å². The molecule has 0 fully saturated rings. The van der Waals surface area contributed by atoms with Crippen molar-refractivity contribution in [3.63, 3.8) is 0 Å². The number of rotatable bonds is 5. The second kappa shape index (κ2) is 6.61. The number of anilines is 1. The van der Waals surface area contributed by atoms with Crippen LogP contribution in [0.5, 0.6) is 0 Å². The first-order valence-corrected chi connectivity index (χ1v) is 7.48. The lowest BCUT2D eigenvalue weighted by Crippen LogP contribution is -2.24. The first kappa shape index (κ1) is 15.9.